The van der Waals surface area contributed by atoms with Crippen LogP contribution in [0.4, 0.5) is 5.95 Å². The third kappa shape index (κ3) is 2.68. The summed E-state index contributed by atoms with van der Waals surface area (Å²) >= 11 is 0. The Labute approximate surface area is 92.4 Å². The summed E-state index contributed by atoms with van der Waals surface area (Å²) in [5.74, 6) is 1.41. The average molecular weight is 221 g/mol. The van der Waals surface area contributed by atoms with Crippen molar-refractivity contribution < 1.29 is 15.0 Å². The van der Waals surface area contributed by atoms with E-state index in [9.17, 15) is 4.79 Å². The van der Waals surface area contributed by atoms with Gasteiger partial charge in [0.1, 0.15) is 6.04 Å². The van der Waals surface area contributed by atoms with Gasteiger partial charge in [0, 0.05) is 6.20 Å². The zero-order valence-electron chi connectivity index (χ0n) is 8.64. The molecule has 0 amide bonds. The summed E-state index contributed by atoms with van der Waals surface area (Å²) in [5, 5.41) is 20.3. The summed E-state index contributed by atoms with van der Waals surface area (Å²) in [6, 6.07) is -0.588. The largest absolute Gasteiger partial charge is 0.478 e. The highest BCUT2D eigenvalue weighted by molar-refractivity contribution is 5.88. The third-order valence-corrected chi connectivity index (χ3v) is 1.90. The van der Waals surface area contributed by atoms with Gasteiger partial charge < -0.3 is 15.5 Å². The Kier molecular flexibility index (Phi) is 3.80. The molecule has 6 heteroatoms. The number of nitrogens with one attached hydrogen (secondary N) is 1. The molecule has 0 aliphatic rings. The van der Waals surface area contributed by atoms with Crippen LogP contribution in [0.1, 0.15) is 16.1 Å². The summed E-state index contributed by atoms with van der Waals surface area (Å²) in [6.07, 6.45) is 6.32. The van der Waals surface area contributed by atoms with Crippen LogP contribution in [0.15, 0.2) is 6.20 Å². The minimum Gasteiger partial charge on any atom is -0.478 e. The molecule has 0 aliphatic heterocycles. The highest BCUT2D eigenvalue weighted by Crippen LogP contribution is 2.07. The zero-order chi connectivity index (χ0) is 12.1. The number of carbonyl (C=O) groups is 1. The monoisotopic (exact) mass is 221 g/mol. The fourth-order valence-electron chi connectivity index (χ4n) is 1.04. The van der Waals surface area contributed by atoms with Crippen LogP contribution in [-0.2, 0) is 0 Å². The molecule has 16 heavy (non-hydrogen) atoms. The van der Waals surface area contributed by atoms with E-state index in [4.69, 9.17) is 16.6 Å². The maximum atomic E-state index is 10.7. The number of hydrogen-bond donors (Lipinski definition) is 3. The molecule has 0 bridgehead atoms. The van der Waals surface area contributed by atoms with E-state index in [2.05, 4.69) is 21.2 Å². The maximum Gasteiger partial charge on any atom is 0.339 e. The van der Waals surface area contributed by atoms with Gasteiger partial charge >= 0.3 is 5.97 Å². The molecule has 0 aromatic carbocycles. The SMILES string of the molecule is C#CC(CO)Nc1ncc(C(=O)O)c(C)n1. The van der Waals surface area contributed by atoms with E-state index in [0.717, 1.165) is 0 Å². The number of rotatable bonds is 4. The van der Waals surface area contributed by atoms with Crippen LogP contribution >= 0.6 is 0 Å². The van der Waals surface area contributed by atoms with E-state index in [1.165, 1.54) is 6.20 Å². The second kappa shape index (κ2) is 5.09. The fraction of sp³-hybridized carbons (Fsp3) is 0.300. The minimum absolute atomic E-state index is 0.0341. The number of carboxylic acid groups (broad SMARTS) is 1. The Morgan fingerprint density at radius 3 is 2.88 bits per heavy atom. The van der Waals surface area contributed by atoms with E-state index in [1.54, 1.807) is 6.92 Å². The van der Waals surface area contributed by atoms with Crippen molar-refractivity contribution in [3.05, 3.63) is 17.5 Å². The molecule has 6 nitrogen and oxygen atoms in total. The van der Waals surface area contributed by atoms with Crippen molar-refractivity contribution in [2.24, 2.45) is 0 Å². The molecular weight excluding hydrogens is 210 g/mol. The van der Waals surface area contributed by atoms with Gasteiger partial charge in [-0.2, -0.15) is 0 Å². The molecule has 0 spiro atoms. The number of anilines is 1. The molecule has 1 aromatic heterocycles. The first-order chi connectivity index (χ1) is 7.58. The molecule has 0 fully saturated rings. The van der Waals surface area contributed by atoms with Crippen LogP contribution in [0, 0.1) is 19.3 Å². The fourth-order valence-corrected chi connectivity index (χ4v) is 1.04. The van der Waals surface area contributed by atoms with Gasteiger partial charge in [0.25, 0.3) is 0 Å². The molecule has 1 atom stereocenters. The summed E-state index contributed by atoms with van der Waals surface area (Å²) in [7, 11) is 0. The Bertz CT molecular complexity index is 439. The molecule has 0 radical (unpaired) electrons. The second-order valence-corrected chi connectivity index (χ2v) is 3.04. The van der Waals surface area contributed by atoms with Gasteiger partial charge in [0.2, 0.25) is 5.95 Å². The van der Waals surface area contributed by atoms with Crippen molar-refractivity contribution in [2.75, 3.05) is 11.9 Å². The van der Waals surface area contributed by atoms with E-state index in [0.29, 0.717) is 5.69 Å². The van der Waals surface area contributed by atoms with Crippen LogP contribution < -0.4 is 5.32 Å². The first-order valence-electron chi connectivity index (χ1n) is 4.49. The zero-order valence-corrected chi connectivity index (χ0v) is 8.64. The first-order valence-corrected chi connectivity index (χ1v) is 4.49. The highest BCUT2D eigenvalue weighted by atomic mass is 16.4. The van der Waals surface area contributed by atoms with E-state index < -0.39 is 12.0 Å². The summed E-state index contributed by atoms with van der Waals surface area (Å²) in [5.41, 5.74) is 0.366. The Balaban J connectivity index is 2.90. The van der Waals surface area contributed by atoms with Gasteiger partial charge in [-0.3, -0.25) is 0 Å². The van der Waals surface area contributed by atoms with Crippen molar-refractivity contribution >= 4 is 11.9 Å². The predicted molar refractivity (Wildman–Crippen MR) is 57.1 cm³/mol. The number of aliphatic hydroxyl groups is 1. The number of carboxylic acids is 1. The van der Waals surface area contributed by atoms with Crippen LogP contribution in [-0.4, -0.2) is 38.8 Å². The van der Waals surface area contributed by atoms with Gasteiger partial charge in [-0.05, 0) is 6.92 Å². The van der Waals surface area contributed by atoms with Crippen molar-refractivity contribution in [2.45, 2.75) is 13.0 Å². The molecule has 84 valence electrons. The third-order valence-electron chi connectivity index (χ3n) is 1.90. The number of aromatic nitrogens is 2. The van der Waals surface area contributed by atoms with Crippen molar-refractivity contribution in [3.8, 4) is 12.3 Å². The normalized spacial score (nSPS) is 11.6. The van der Waals surface area contributed by atoms with Crippen molar-refractivity contribution in [1.29, 1.82) is 0 Å². The Morgan fingerprint density at radius 1 is 1.75 bits per heavy atom. The van der Waals surface area contributed by atoms with Crippen LogP contribution in [0.3, 0.4) is 0 Å². The molecule has 0 saturated carbocycles. The first kappa shape index (κ1) is 11.9. The molecule has 0 saturated heterocycles. The average Bonchev–Trinajstić information content (AvgIpc) is 2.25. The number of nitrogens with zero attached hydrogens (tertiary/aromatic N) is 2. The van der Waals surface area contributed by atoms with Gasteiger partial charge in [-0.15, -0.1) is 6.42 Å². The lowest BCUT2D eigenvalue weighted by Crippen LogP contribution is -2.23. The highest BCUT2D eigenvalue weighted by Gasteiger charge is 2.11. The standard InChI is InChI=1S/C10H11N3O3/c1-3-7(5-14)13-10-11-4-8(9(15)16)6(2)12-10/h1,4,7,14H,5H2,2H3,(H,15,16)(H,11,12,13). The molecule has 1 unspecified atom stereocenters. The Hall–Kier alpha value is -2.13. The molecule has 1 rings (SSSR count). The maximum absolute atomic E-state index is 10.7. The molecule has 1 heterocycles. The van der Waals surface area contributed by atoms with Gasteiger partial charge in [-0.25, -0.2) is 14.8 Å². The number of aromatic carboxylic acids is 1. The van der Waals surface area contributed by atoms with Gasteiger partial charge in [-0.1, -0.05) is 5.92 Å². The number of hydrogen-bond acceptors (Lipinski definition) is 5. The molecule has 3 N–H and O–H groups in total. The van der Waals surface area contributed by atoms with E-state index in [1.807, 2.05) is 0 Å². The molecular formula is C10H11N3O3. The number of aliphatic hydroxyl groups excluding tert-OH is 1. The van der Waals surface area contributed by atoms with E-state index >= 15 is 0 Å². The summed E-state index contributed by atoms with van der Waals surface area (Å²) in [6.45, 7) is 1.31. The lowest BCUT2D eigenvalue weighted by molar-refractivity contribution is 0.0695. The van der Waals surface area contributed by atoms with Gasteiger partial charge in [0.05, 0.1) is 17.9 Å². The molecule has 0 aliphatic carbocycles. The van der Waals surface area contributed by atoms with Crippen LogP contribution in [0.25, 0.3) is 0 Å². The number of aryl methyl sites for hydroxylation is 1. The van der Waals surface area contributed by atoms with Crippen molar-refractivity contribution in [1.82, 2.24) is 9.97 Å². The lowest BCUT2D eigenvalue weighted by atomic mass is 10.2. The quantitative estimate of drug-likeness (QED) is 0.614. The topological polar surface area (TPSA) is 95.3 Å². The van der Waals surface area contributed by atoms with Crippen LogP contribution in [0.5, 0.6) is 0 Å². The minimum atomic E-state index is -1.08. The van der Waals surface area contributed by atoms with Crippen LogP contribution in [0.2, 0.25) is 0 Å². The Morgan fingerprint density at radius 2 is 2.44 bits per heavy atom. The predicted octanol–water partition coefficient (Wildman–Crippen LogP) is -0.111. The van der Waals surface area contributed by atoms with E-state index in [-0.39, 0.29) is 18.1 Å². The molecule has 1 aromatic rings. The number of terminal acetylenes is 1. The van der Waals surface area contributed by atoms with Gasteiger partial charge in [0.15, 0.2) is 0 Å². The van der Waals surface area contributed by atoms with Crippen molar-refractivity contribution in [3.63, 3.8) is 0 Å². The second-order valence-electron chi connectivity index (χ2n) is 3.04. The summed E-state index contributed by atoms with van der Waals surface area (Å²) in [4.78, 5) is 18.4. The lowest BCUT2D eigenvalue weighted by Gasteiger charge is -2.10. The summed E-state index contributed by atoms with van der Waals surface area (Å²) < 4.78 is 0. The smallest absolute Gasteiger partial charge is 0.339 e.